The Morgan fingerprint density at radius 1 is 0.900 bits per heavy atom. The van der Waals surface area contributed by atoms with E-state index in [9.17, 15) is 32.8 Å². The van der Waals surface area contributed by atoms with E-state index in [0.717, 1.165) is 65.2 Å². The van der Waals surface area contributed by atoms with Crippen molar-refractivity contribution in [3.8, 4) is 16.9 Å². The third-order valence-corrected chi connectivity index (χ3v) is 12.3. The molecule has 1 aromatic heterocycles. The quantitative estimate of drug-likeness (QED) is 0.0891. The minimum atomic E-state index is -2.65. The predicted octanol–water partition coefficient (Wildman–Crippen LogP) is 5.51. The number of ether oxygens (including phenoxy) is 1. The molecule has 1 saturated carbocycles. The number of nitrogens with zero attached hydrogens (tertiary/aromatic N) is 4. The first kappa shape index (κ1) is 41.2. The van der Waals surface area contributed by atoms with Gasteiger partial charge in [0.15, 0.2) is 0 Å². The van der Waals surface area contributed by atoms with Crippen molar-refractivity contribution in [1.82, 2.24) is 24.6 Å². The van der Waals surface area contributed by atoms with Gasteiger partial charge in [-0.1, -0.05) is 42.5 Å². The SMILES string of the molecule is NC(=S)c1cccc(-c2cn(C3CCC(F)(F)CC3)c3cc(NC(=O)CCN4CCN(CCCOc5cccc6c5C(=O)N(C5CCC(=O)NC5=O)C6=O)CC4)ccc23)c1. The molecule has 314 valence electrons. The standard InChI is InChI=1S/C44H47F2N7O6S/c45-44(46)15-12-30(13-16-44)52-26-33(27-4-1-5-28(24-27)40(47)60)31-9-8-29(25-35(31)52)48-38(55)14-18-51-21-19-50(20-22-51)17-3-23-59-36-7-2-6-32-39(36)43(58)53(42(32)57)34-10-11-37(54)49-41(34)56/h1-2,4-9,24-26,30,34H,3,10-23H2,(H2,47,60)(H,48,55)(H,49,54,56). The molecule has 3 aliphatic heterocycles. The summed E-state index contributed by atoms with van der Waals surface area (Å²) in [6.07, 6.45) is 3.53. The van der Waals surface area contributed by atoms with Crippen LogP contribution < -0.4 is 21.1 Å². The van der Waals surface area contributed by atoms with Gasteiger partial charge in [-0.25, -0.2) is 8.78 Å². The first-order valence-electron chi connectivity index (χ1n) is 20.5. The Bertz CT molecular complexity index is 2370. The van der Waals surface area contributed by atoms with E-state index in [0.29, 0.717) is 49.5 Å². The van der Waals surface area contributed by atoms with Crippen LogP contribution in [0.3, 0.4) is 0 Å². The van der Waals surface area contributed by atoms with Gasteiger partial charge in [0.05, 0.1) is 23.3 Å². The van der Waals surface area contributed by atoms with Gasteiger partial charge in [-0.05, 0) is 61.6 Å². The number of nitrogens with one attached hydrogen (secondary N) is 2. The summed E-state index contributed by atoms with van der Waals surface area (Å²) in [5, 5.41) is 6.22. The number of fused-ring (bicyclic) bond motifs is 2. The number of carbonyl (C=O) groups is 5. The number of alkyl halides is 2. The number of imide groups is 2. The average molecular weight is 840 g/mol. The molecule has 1 aliphatic carbocycles. The van der Waals surface area contributed by atoms with Crippen molar-refractivity contribution in [2.45, 2.75) is 69.4 Å². The number of thiocarbonyl (C=S) groups is 1. The van der Waals surface area contributed by atoms with E-state index in [-0.39, 0.29) is 54.5 Å². The van der Waals surface area contributed by atoms with E-state index in [1.807, 2.05) is 48.7 Å². The number of nitrogens with two attached hydrogens (primary N) is 1. The van der Waals surface area contributed by atoms with E-state index < -0.39 is 35.6 Å². The molecule has 5 amide bonds. The normalized spacial score (nSPS) is 20.0. The Morgan fingerprint density at radius 3 is 2.37 bits per heavy atom. The Balaban J connectivity index is 0.817. The molecule has 4 aromatic rings. The molecule has 0 bridgehead atoms. The van der Waals surface area contributed by atoms with E-state index in [2.05, 4.69) is 25.0 Å². The molecule has 8 rings (SSSR count). The monoisotopic (exact) mass is 839 g/mol. The minimum Gasteiger partial charge on any atom is -0.493 e. The van der Waals surface area contributed by atoms with Crippen LogP contribution in [0.5, 0.6) is 5.75 Å². The summed E-state index contributed by atoms with van der Waals surface area (Å²) in [4.78, 5) is 69.6. The van der Waals surface area contributed by atoms with Gasteiger partial charge in [0.25, 0.3) is 11.8 Å². The second kappa shape index (κ2) is 17.2. The van der Waals surface area contributed by atoms with Crippen LogP contribution in [0, 0.1) is 0 Å². The van der Waals surface area contributed by atoms with Gasteiger partial charge in [0, 0.05) is 99.4 Å². The predicted molar refractivity (Wildman–Crippen MR) is 225 cm³/mol. The third-order valence-electron chi connectivity index (χ3n) is 12.1. The van der Waals surface area contributed by atoms with E-state index in [4.69, 9.17) is 22.7 Å². The molecule has 4 N–H and O–H groups in total. The van der Waals surface area contributed by atoms with Crippen LogP contribution in [0.4, 0.5) is 14.5 Å². The van der Waals surface area contributed by atoms with E-state index in [1.54, 1.807) is 18.2 Å². The highest BCUT2D eigenvalue weighted by Crippen LogP contribution is 2.42. The Hall–Kier alpha value is -5.58. The molecule has 60 heavy (non-hydrogen) atoms. The minimum absolute atomic E-state index is 0.0486. The lowest BCUT2D eigenvalue weighted by atomic mass is 9.92. The number of rotatable bonds is 13. The smallest absolute Gasteiger partial charge is 0.266 e. The summed E-state index contributed by atoms with van der Waals surface area (Å²) in [7, 11) is 0. The number of carbonyl (C=O) groups excluding carboxylic acids is 5. The van der Waals surface area contributed by atoms with Crippen molar-refractivity contribution >= 4 is 63.3 Å². The summed E-state index contributed by atoms with van der Waals surface area (Å²) in [6, 6.07) is 17.1. The topological polar surface area (TPSA) is 159 Å². The molecule has 4 aliphatic rings. The fourth-order valence-corrected chi connectivity index (χ4v) is 8.93. The van der Waals surface area contributed by atoms with Crippen molar-refractivity contribution in [2.75, 3.05) is 51.2 Å². The Morgan fingerprint density at radius 2 is 1.63 bits per heavy atom. The second-order valence-electron chi connectivity index (χ2n) is 16.0. The summed E-state index contributed by atoms with van der Waals surface area (Å²) in [6.45, 7) is 4.92. The molecule has 13 nitrogen and oxygen atoms in total. The van der Waals surface area contributed by atoms with Gasteiger partial charge in [0.1, 0.15) is 16.8 Å². The van der Waals surface area contributed by atoms with Crippen molar-refractivity contribution in [3.05, 3.63) is 83.6 Å². The number of piperidine rings is 1. The highest BCUT2D eigenvalue weighted by Gasteiger charge is 2.46. The fraction of sp³-hybridized carbons (Fsp3) is 0.409. The molecule has 2 saturated heterocycles. The lowest BCUT2D eigenvalue weighted by molar-refractivity contribution is -0.136. The van der Waals surface area contributed by atoms with Gasteiger partial charge in [-0.15, -0.1) is 0 Å². The van der Waals surface area contributed by atoms with Gasteiger partial charge in [-0.3, -0.25) is 34.2 Å². The molecule has 0 radical (unpaired) electrons. The van der Waals surface area contributed by atoms with Crippen LogP contribution in [0.1, 0.15) is 83.7 Å². The number of aromatic nitrogens is 1. The highest BCUT2D eigenvalue weighted by atomic mass is 32.1. The van der Waals surface area contributed by atoms with Crippen molar-refractivity contribution < 1.29 is 37.5 Å². The molecule has 1 unspecified atom stereocenters. The van der Waals surface area contributed by atoms with Gasteiger partial charge < -0.3 is 30.2 Å². The van der Waals surface area contributed by atoms with Gasteiger partial charge >= 0.3 is 0 Å². The molecular weight excluding hydrogens is 793 g/mol. The van der Waals surface area contributed by atoms with Crippen molar-refractivity contribution in [1.29, 1.82) is 0 Å². The van der Waals surface area contributed by atoms with Gasteiger partial charge in [-0.2, -0.15) is 0 Å². The fourth-order valence-electron chi connectivity index (χ4n) is 8.80. The van der Waals surface area contributed by atoms with Crippen LogP contribution in [-0.2, 0) is 14.4 Å². The lowest BCUT2D eigenvalue weighted by Crippen LogP contribution is -2.54. The molecule has 3 aromatic carbocycles. The Kier molecular flexibility index (Phi) is 11.8. The largest absolute Gasteiger partial charge is 0.493 e. The number of hydrogen-bond donors (Lipinski definition) is 3. The lowest BCUT2D eigenvalue weighted by Gasteiger charge is -2.34. The zero-order chi connectivity index (χ0) is 42.1. The third kappa shape index (κ3) is 8.67. The molecule has 1 atom stereocenters. The summed E-state index contributed by atoms with van der Waals surface area (Å²) in [5.41, 5.74) is 10.4. The maximum absolute atomic E-state index is 14.1. The first-order chi connectivity index (χ1) is 28.8. The highest BCUT2D eigenvalue weighted by molar-refractivity contribution is 7.80. The number of halogens is 2. The van der Waals surface area contributed by atoms with E-state index >= 15 is 0 Å². The van der Waals surface area contributed by atoms with Crippen LogP contribution in [0.25, 0.3) is 22.0 Å². The average Bonchev–Trinajstić information content (AvgIpc) is 3.73. The van der Waals surface area contributed by atoms with Crippen LogP contribution in [0.15, 0.2) is 66.9 Å². The number of benzene rings is 3. The van der Waals surface area contributed by atoms with Crippen LogP contribution >= 0.6 is 12.2 Å². The molecule has 4 heterocycles. The first-order valence-corrected chi connectivity index (χ1v) is 20.9. The van der Waals surface area contributed by atoms with E-state index in [1.165, 1.54) is 0 Å². The van der Waals surface area contributed by atoms with Gasteiger partial charge in [0.2, 0.25) is 23.6 Å². The second-order valence-corrected chi connectivity index (χ2v) is 16.5. The Labute approximate surface area is 351 Å². The van der Waals surface area contributed by atoms with Crippen molar-refractivity contribution in [2.24, 2.45) is 5.73 Å². The summed E-state index contributed by atoms with van der Waals surface area (Å²) >= 11 is 5.22. The number of hydrogen-bond acceptors (Lipinski definition) is 9. The number of anilines is 1. The molecule has 3 fully saturated rings. The zero-order valence-electron chi connectivity index (χ0n) is 33.1. The van der Waals surface area contributed by atoms with Crippen LogP contribution in [0.2, 0.25) is 0 Å². The number of piperazine rings is 1. The summed E-state index contributed by atoms with van der Waals surface area (Å²) < 4.78 is 36.4. The maximum Gasteiger partial charge on any atom is 0.266 e. The zero-order valence-corrected chi connectivity index (χ0v) is 33.9. The van der Waals surface area contributed by atoms with Crippen molar-refractivity contribution in [3.63, 3.8) is 0 Å². The molecule has 0 spiro atoms. The molecule has 16 heteroatoms. The maximum atomic E-state index is 14.1. The summed E-state index contributed by atoms with van der Waals surface area (Å²) in [5.74, 6) is -4.73. The number of amides is 5. The molecular formula is C44H47F2N7O6S. The van der Waals surface area contributed by atoms with Crippen LogP contribution in [-0.4, -0.2) is 112 Å².